The third-order valence-electron chi connectivity index (χ3n) is 2.05. The van der Waals surface area contributed by atoms with Gasteiger partial charge in [0.25, 0.3) is 0 Å². The van der Waals surface area contributed by atoms with Crippen molar-refractivity contribution in [2.24, 2.45) is 0 Å². The van der Waals surface area contributed by atoms with E-state index in [1.165, 1.54) is 12.1 Å². The quantitative estimate of drug-likeness (QED) is 0.516. The highest BCUT2D eigenvalue weighted by molar-refractivity contribution is 7.71. The van der Waals surface area contributed by atoms with E-state index in [4.69, 9.17) is 16.6 Å². The molecule has 0 aliphatic heterocycles. The normalized spacial score (nSPS) is 10.6. The molecule has 4 heteroatoms. The molecule has 2 N–H and O–H groups in total. The van der Waals surface area contributed by atoms with Gasteiger partial charge in [-0.25, -0.2) is 0 Å². The number of hydrogen-bond donors (Lipinski definition) is 2. The van der Waals surface area contributed by atoms with Crippen LogP contribution in [-0.4, -0.2) is 10.2 Å². The number of phenols is 2. The van der Waals surface area contributed by atoms with E-state index in [1.807, 2.05) is 6.92 Å². The summed E-state index contributed by atoms with van der Waals surface area (Å²) in [5.41, 5.74) is 1.39. The maximum Gasteiger partial charge on any atom is 0.191 e. The van der Waals surface area contributed by atoms with Crippen molar-refractivity contribution in [3.8, 4) is 11.5 Å². The SMILES string of the molecule is Cc1cc(=S)oc2cc(O)c(O)cc12. The fourth-order valence-electron chi connectivity index (χ4n) is 1.34. The molecule has 0 atom stereocenters. The molecular formula is C10H8O3S. The Labute approximate surface area is 85.2 Å². The molecule has 3 nitrogen and oxygen atoms in total. The summed E-state index contributed by atoms with van der Waals surface area (Å²) in [4.78, 5) is 0. The number of hydrogen-bond acceptors (Lipinski definition) is 4. The summed E-state index contributed by atoms with van der Waals surface area (Å²) in [6.45, 7) is 1.87. The molecule has 0 saturated heterocycles. The molecule has 0 unspecified atom stereocenters. The van der Waals surface area contributed by atoms with Gasteiger partial charge in [-0.3, -0.25) is 0 Å². The van der Waals surface area contributed by atoms with Gasteiger partial charge < -0.3 is 14.6 Å². The van der Waals surface area contributed by atoms with E-state index >= 15 is 0 Å². The second kappa shape index (κ2) is 2.99. The fourth-order valence-corrected chi connectivity index (χ4v) is 1.61. The molecule has 0 saturated carbocycles. The lowest BCUT2D eigenvalue weighted by Gasteiger charge is -2.03. The first-order valence-electron chi connectivity index (χ1n) is 4.04. The molecule has 0 aliphatic rings. The van der Waals surface area contributed by atoms with Crippen LogP contribution in [-0.2, 0) is 0 Å². The number of aryl methyl sites for hydroxylation is 1. The zero-order valence-electron chi connectivity index (χ0n) is 7.44. The van der Waals surface area contributed by atoms with Gasteiger partial charge in [-0.15, -0.1) is 0 Å². The summed E-state index contributed by atoms with van der Waals surface area (Å²) in [5.74, 6) is -0.367. The van der Waals surface area contributed by atoms with Gasteiger partial charge in [0.15, 0.2) is 16.2 Å². The second-order valence-electron chi connectivity index (χ2n) is 3.09. The van der Waals surface area contributed by atoms with Crippen molar-refractivity contribution in [3.05, 3.63) is 28.5 Å². The Kier molecular flexibility index (Phi) is 1.93. The molecule has 2 rings (SSSR count). The highest BCUT2D eigenvalue weighted by Crippen LogP contribution is 2.31. The minimum atomic E-state index is -0.207. The molecule has 0 fully saturated rings. The number of rotatable bonds is 0. The molecule has 0 aliphatic carbocycles. The molecule has 0 amide bonds. The molecule has 1 aromatic heterocycles. The van der Waals surface area contributed by atoms with Crippen LogP contribution in [0.3, 0.4) is 0 Å². The first kappa shape index (κ1) is 9.02. The van der Waals surface area contributed by atoms with Gasteiger partial charge in [0.2, 0.25) is 0 Å². The topological polar surface area (TPSA) is 53.6 Å². The van der Waals surface area contributed by atoms with Gasteiger partial charge in [0.05, 0.1) is 0 Å². The van der Waals surface area contributed by atoms with Crippen LogP contribution in [0.2, 0.25) is 0 Å². The first-order valence-corrected chi connectivity index (χ1v) is 4.45. The monoisotopic (exact) mass is 208 g/mol. The molecule has 1 aromatic carbocycles. The van der Waals surface area contributed by atoms with Crippen molar-refractivity contribution >= 4 is 23.2 Å². The minimum Gasteiger partial charge on any atom is -0.504 e. The molecule has 14 heavy (non-hydrogen) atoms. The largest absolute Gasteiger partial charge is 0.504 e. The summed E-state index contributed by atoms with van der Waals surface area (Å²) in [5, 5.41) is 19.3. The van der Waals surface area contributed by atoms with Gasteiger partial charge in [-0.05, 0) is 36.8 Å². The van der Waals surface area contributed by atoms with Gasteiger partial charge in [-0.1, -0.05) is 0 Å². The van der Waals surface area contributed by atoms with Crippen LogP contribution in [0.5, 0.6) is 11.5 Å². The van der Waals surface area contributed by atoms with E-state index in [2.05, 4.69) is 0 Å². The van der Waals surface area contributed by atoms with E-state index in [9.17, 15) is 10.2 Å². The summed E-state index contributed by atoms with van der Waals surface area (Å²) in [6, 6.07) is 4.51. The molecular weight excluding hydrogens is 200 g/mol. The molecule has 2 aromatic rings. The van der Waals surface area contributed by atoms with Crippen molar-refractivity contribution in [1.82, 2.24) is 0 Å². The number of fused-ring (bicyclic) bond motifs is 1. The smallest absolute Gasteiger partial charge is 0.191 e. The van der Waals surface area contributed by atoms with Crippen LogP contribution in [0.15, 0.2) is 22.6 Å². The maximum atomic E-state index is 9.29. The highest BCUT2D eigenvalue weighted by atomic mass is 32.1. The molecule has 0 radical (unpaired) electrons. The lowest BCUT2D eigenvalue weighted by atomic mass is 10.1. The molecule has 0 bridgehead atoms. The zero-order chi connectivity index (χ0) is 10.3. The number of phenolic OH excluding ortho intramolecular Hbond substituents is 2. The second-order valence-corrected chi connectivity index (χ2v) is 3.49. The van der Waals surface area contributed by atoms with Gasteiger partial charge in [0, 0.05) is 11.5 Å². The van der Waals surface area contributed by atoms with E-state index in [0.717, 1.165) is 10.9 Å². The van der Waals surface area contributed by atoms with Crippen molar-refractivity contribution < 1.29 is 14.6 Å². The summed E-state index contributed by atoms with van der Waals surface area (Å²) >= 11 is 4.89. The summed E-state index contributed by atoms with van der Waals surface area (Å²) in [7, 11) is 0. The minimum absolute atomic E-state index is 0.159. The van der Waals surface area contributed by atoms with Crippen LogP contribution in [0, 0.1) is 11.6 Å². The Morgan fingerprint density at radius 3 is 2.50 bits per heavy atom. The fraction of sp³-hybridized carbons (Fsp3) is 0.100. The average Bonchev–Trinajstić information content (AvgIpc) is 2.08. The molecule has 72 valence electrons. The van der Waals surface area contributed by atoms with Crippen LogP contribution in [0.4, 0.5) is 0 Å². The van der Waals surface area contributed by atoms with Crippen LogP contribution >= 0.6 is 12.2 Å². The third-order valence-corrected chi connectivity index (χ3v) is 2.25. The third kappa shape index (κ3) is 1.33. The Balaban J connectivity index is 2.96. The van der Waals surface area contributed by atoms with E-state index in [1.54, 1.807) is 6.07 Å². The first-order chi connectivity index (χ1) is 6.58. The lowest BCUT2D eigenvalue weighted by Crippen LogP contribution is -1.79. The van der Waals surface area contributed by atoms with Crippen LogP contribution in [0.1, 0.15) is 5.56 Å². The number of aromatic hydroxyl groups is 2. The summed E-state index contributed by atoms with van der Waals surface area (Å²) < 4.78 is 5.58. The number of benzene rings is 1. The maximum absolute atomic E-state index is 9.29. The predicted molar refractivity (Wildman–Crippen MR) is 55.1 cm³/mol. The zero-order valence-corrected chi connectivity index (χ0v) is 8.26. The van der Waals surface area contributed by atoms with Crippen molar-refractivity contribution in [2.45, 2.75) is 6.92 Å². The highest BCUT2D eigenvalue weighted by Gasteiger charge is 2.06. The predicted octanol–water partition coefficient (Wildman–Crippen LogP) is 2.88. The van der Waals surface area contributed by atoms with Gasteiger partial charge in [0.1, 0.15) is 5.58 Å². The average molecular weight is 208 g/mol. The van der Waals surface area contributed by atoms with E-state index < -0.39 is 0 Å². The van der Waals surface area contributed by atoms with E-state index in [-0.39, 0.29) is 11.5 Å². The summed E-state index contributed by atoms with van der Waals surface area (Å²) in [6.07, 6.45) is 0. The van der Waals surface area contributed by atoms with Gasteiger partial charge in [-0.2, -0.15) is 0 Å². The lowest BCUT2D eigenvalue weighted by molar-refractivity contribution is 0.403. The Bertz CT molecular complexity index is 557. The standard InChI is InChI=1S/C10H8O3S/c1-5-2-10(14)13-9-4-8(12)7(11)3-6(5)9/h2-4,11-12H,1H3. The molecule has 1 heterocycles. The van der Waals surface area contributed by atoms with Crippen molar-refractivity contribution in [2.75, 3.05) is 0 Å². The van der Waals surface area contributed by atoms with Gasteiger partial charge >= 0.3 is 0 Å². The van der Waals surface area contributed by atoms with Crippen molar-refractivity contribution in [3.63, 3.8) is 0 Å². The van der Waals surface area contributed by atoms with E-state index in [0.29, 0.717) is 10.3 Å². The van der Waals surface area contributed by atoms with Crippen LogP contribution in [0.25, 0.3) is 11.0 Å². The van der Waals surface area contributed by atoms with Crippen molar-refractivity contribution in [1.29, 1.82) is 0 Å². The Morgan fingerprint density at radius 1 is 1.14 bits per heavy atom. The molecule has 0 spiro atoms. The van der Waals surface area contributed by atoms with Crippen LogP contribution < -0.4 is 0 Å². The Morgan fingerprint density at radius 2 is 1.79 bits per heavy atom. The Hall–Kier alpha value is -1.55.